The van der Waals surface area contributed by atoms with E-state index in [1.54, 1.807) is 23.9 Å². The first-order valence-corrected chi connectivity index (χ1v) is 7.15. The molecule has 2 aromatic rings. The van der Waals surface area contributed by atoms with Crippen LogP contribution in [0.5, 0.6) is 0 Å². The number of thioether (sulfide) groups is 1. The molecule has 1 amide bonds. The molecule has 5 heteroatoms. The van der Waals surface area contributed by atoms with Gasteiger partial charge in [-0.2, -0.15) is 0 Å². The third kappa shape index (κ3) is 2.74. The number of nitrogens with zero attached hydrogens (tertiary/aromatic N) is 1. The molecule has 0 saturated carbocycles. The van der Waals surface area contributed by atoms with Gasteiger partial charge in [0.25, 0.3) is 0 Å². The summed E-state index contributed by atoms with van der Waals surface area (Å²) in [7, 11) is 0. The number of fused-ring (bicyclic) bond motifs is 1. The summed E-state index contributed by atoms with van der Waals surface area (Å²) in [5.41, 5.74) is 1.23. The molecule has 1 aromatic heterocycles. The van der Waals surface area contributed by atoms with Crippen LogP contribution in [0.15, 0.2) is 47.5 Å². The summed E-state index contributed by atoms with van der Waals surface area (Å²) in [6.45, 7) is 0. The maximum Gasteiger partial charge on any atom is 0.239 e. The average Bonchev–Trinajstić information content (AvgIpc) is 2.85. The maximum absolute atomic E-state index is 12.2. The van der Waals surface area contributed by atoms with E-state index in [0.29, 0.717) is 10.8 Å². The molecular formula is C14H11ClN2OS. The summed E-state index contributed by atoms with van der Waals surface area (Å²) in [6, 6.07) is 11.5. The van der Waals surface area contributed by atoms with Crippen molar-refractivity contribution in [2.75, 3.05) is 5.32 Å². The van der Waals surface area contributed by atoms with E-state index in [0.717, 1.165) is 6.42 Å². The zero-order chi connectivity index (χ0) is 13.2. The fourth-order valence-electron chi connectivity index (χ4n) is 1.98. The minimum absolute atomic E-state index is 0.0176. The van der Waals surface area contributed by atoms with E-state index in [1.165, 1.54) is 16.7 Å². The summed E-state index contributed by atoms with van der Waals surface area (Å²) >= 11 is 7.36. The molecule has 1 N–H and O–H groups in total. The molecule has 0 radical (unpaired) electrons. The van der Waals surface area contributed by atoms with Gasteiger partial charge in [0.05, 0.1) is 10.3 Å². The van der Waals surface area contributed by atoms with Gasteiger partial charge in [-0.05, 0) is 30.2 Å². The average molecular weight is 291 g/mol. The normalized spacial score (nSPS) is 17.0. The van der Waals surface area contributed by atoms with Gasteiger partial charge in [-0.3, -0.25) is 4.79 Å². The molecule has 0 aliphatic carbocycles. The predicted molar refractivity (Wildman–Crippen MR) is 77.7 cm³/mol. The Kier molecular flexibility index (Phi) is 3.44. The van der Waals surface area contributed by atoms with Crippen LogP contribution >= 0.6 is 23.4 Å². The number of hydrogen-bond donors (Lipinski definition) is 1. The Morgan fingerprint density at radius 1 is 1.32 bits per heavy atom. The van der Waals surface area contributed by atoms with E-state index in [9.17, 15) is 4.79 Å². The molecule has 2 heterocycles. The SMILES string of the molecule is O=C(Nc1ccc(Cl)cn1)C1Cc2ccccc2S1. The predicted octanol–water partition coefficient (Wildman–Crippen LogP) is 3.39. The van der Waals surface area contributed by atoms with Gasteiger partial charge < -0.3 is 5.32 Å². The van der Waals surface area contributed by atoms with E-state index in [-0.39, 0.29) is 11.2 Å². The smallest absolute Gasteiger partial charge is 0.239 e. The van der Waals surface area contributed by atoms with Crippen molar-refractivity contribution >= 4 is 35.1 Å². The second-order valence-corrected chi connectivity index (χ2v) is 5.95. The number of halogens is 1. The molecule has 1 atom stereocenters. The van der Waals surface area contributed by atoms with Crippen LogP contribution in [0.25, 0.3) is 0 Å². The van der Waals surface area contributed by atoms with Gasteiger partial charge in [-0.15, -0.1) is 11.8 Å². The molecule has 0 saturated heterocycles. The van der Waals surface area contributed by atoms with Gasteiger partial charge in [-0.25, -0.2) is 4.98 Å². The molecule has 0 bridgehead atoms. The van der Waals surface area contributed by atoms with Crippen LogP contribution in [0.2, 0.25) is 5.02 Å². The number of anilines is 1. The van der Waals surface area contributed by atoms with E-state index in [4.69, 9.17) is 11.6 Å². The number of nitrogens with one attached hydrogen (secondary N) is 1. The zero-order valence-corrected chi connectivity index (χ0v) is 11.5. The maximum atomic E-state index is 12.2. The van der Waals surface area contributed by atoms with Crippen LogP contribution in [-0.2, 0) is 11.2 Å². The number of carbonyl (C=O) groups excluding carboxylic acids is 1. The van der Waals surface area contributed by atoms with Crippen LogP contribution in [0.3, 0.4) is 0 Å². The van der Waals surface area contributed by atoms with Crippen LogP contribution in [-0.4, -0.2) is 16.1 Å². The minimum atomic E-state index is -0.0881. The summed E-state index contributed by atoms with van der Waals surface area (Å²) in [5, 5.41) is 3.28. The van der Waals surface area contributed by atoms with E-state index >= 15 is 0 Å². The molecule has 1 unspecified atom stereocenters. The molecule has 0 fully saturated rings. The lowest BCUT2D eigenvalue weighted by molar-refractivity contribution is -0.115. The highest BCUT2D eigenvalue weighted by Crippen LogP contribution is 2.37. The topological polar surface area (TPSA) is 42.0 Å². The van der Waals surface area contributed by atoms with Gasteiger partial charge in [0.2, 0.25) is 5.91 Å². The highest BCUT2D eigenvalue weighted by molar-refractivity contribution is 8.01. The Labute approximate surface area is 120 Å². The summed E-state index contributed by atoms with van der Waals surface area (Å²) < 4.78 is 0. The summed E-state index contributed by atoms with van der Waals surface area (Å²) in [6.07, 6.45) is 2.29. The van der Waals surface area contributed by atoms with Crippen LogP contribution < -0.4 is 5.32 Å². The standard InChI is InChI=1S/C14H11ClN2OS/c15-10-5-6-13(16-8-10)17-14(18)12-7-9-3-1-2-4-11(9)19-12/h1-6,8,12H,7H2,(H,16,17,18). The lowest BCUT2D eigenvalue weighted by Crippen LogP contribution is -2.25. The Hall–Kier alpha value is -1.52. The molecule has 19 heavy (non-hydrogen) atoms. The lowest BCUT2D eigenvalue weighted by atomic mass is 10.1. The lowest BCUT2D eigenvalue weighted by Gasteiger charge is -2.09. The molecule has 1 aliphatic rings. The van der Waals surface area contributed by atoms with Gasteiger partial charge in [-0.1, -0.05) is 29.8 Å². The Balaban J connectivity index is 1.68. The third-order valence-corrected chi connectivity index (χ3v) is 4.46. The highest BCUT2D eigenvalue weighted by atomic mass is 35.5. The minimum Gasteiger partial charge on any atom is -0.310 e. The first-order valence-electron chi connectivity index (χ1n) is 5.89. The monoisotopic (exact) mass is 290 g/mol. The molecule has 3 nitrogen and oxygen atoms in total. The number of carbonyl (C=O) groups is 1. The fraction of sp³-hybridized carbons (Fsp3) is 0.143. The highest BCUT2D eigenvalue weighted by Gasteiger charge is 2.28. The van der Waals surface area contributed by atoms with Gasteiger partial charge in [0, 0.05) is 11.1 Å². The molecule has 1 aromatic carbocycles. The fourth-order valence-corrected chi connectivity index (χ4v) is 3.29. The second-order valence-electron chi connectivity index (χ2n) is 4.27. The van der Waals surface area contributed by atoms with Crippen molar-refractivity contribution in [1.82, 2.24) is 4.98 Å². The zero-order valence-electron chi connectivity index (χ0n) is 9.97. The largest absolute Gasteiger partial charge is 0.310 e. The van der Waals surface area contributed by atoms with E-state index < -0.39 is 0 Å². The van der Waals surface area contributed by atoms with Crippen molar-refractivity contribution in [3.05, 3.63) is 53.2 Å². The Morgan fingerprint density at radius 3 is 2.89 bits per heavy atom. The summed E-state index contributed by atoms with van der Waals surface area (Å²) in [5.74, 6) is 0.516. The van der Waals surface area contributed by atoms with Gasteiger partial charge >= 0.3 is 0 Å². The molecule has 0 spiro atoms. The van der Waals surface area contributed by atoms with Crippen molar-refractivity contribution < 1.29 is 4.79 Å². The number of pyridine rings is 1. The molecule has 1 aliphatic heterocycles. The van der Waals surface area contributed by atoms with Crippen LogP contribution in [0.4, 0.5) is 5.82 Å². The van der Waals surface area contributed by atoms with E-state index in [2.05, 4.69) is 16.4 Å². The Bertz CT molecular complexity index is 590. The number of aromatic nitrogens is 1. The number of hydrogen-bond acceptors (Lipinski definition) is 3. The first-order chi connectivity index (χ1) is 9.22. The molecular weight excluding hydrogens is 280 g/mol. The van der Waals surface area contributed by atoms with Crippen molar-refractivity contribution in [2.45, 2.75) is 16.6 Å². The molecule has 96 valence electrons. The van der Waals surface area contributed by atoms with Crippen LogP contribution in [0.1, 0.15) is 5.56 Å². The van der Waals surface area contributed by atoms with Gasteiger partial charge in [0.15, 0.2) is 0 Å². The molecule has 3 rings (SSSR count). The summed E-state index contributed by atoms with van der Waals surface area (Å²) in [4.78, 5) is 17.4. The second kappa shape index (κ2) is 5.23. The quantitative estimate of drug-likeness (QED) is 0.922. The first kappa shape index (κ1) is 12.5. The Morgan fingerprint density at radius 2 is 2.16 bits per heavy atom. The number of benzene rings is 1. The number of amides is 1. The number of rotatable bonds is 2. The van der Waals surface area contributed by atoms with Crippen LogP contribution in [0, 0.1) is 0 Å². The van der Waals surface area contributed by atoms with E-state index in [1.807, 2.05) is 18.2 Å². The van der Waals surface area contributed by atoms with Gasteiger partial charge in [0.1, 0.15) is 5.82 Å². The van der Waals surface area contributed by atoms with Crippen molar-refractivity contribution in [1.29, 1.82) is 0 Å². The van der Waals surface area contributed by atoms with Crippen molar-refractivity contribution in [3.63, 3.8) is 0 Å². The van der Waals surface area contributed by atoms with Crippen molar-refractivity contribution in [3.8, 4) is 0 Å². The van der Waals surface area contributed by atoms with Crippen molar-refractivity contribution in [2.24, 2.45) is 0 Å². The third-order valence-electron chi connectivity index (χ3n) is 2.92.